The highest BCUT2D eigenvalue weighted by Gasteiger charge is 2.26. The van der Waals surface area contributed by atoms with Gasteiger partial charge in [-0.1, -0.05) is 36.4 Å². The second-order valence-corrected chi connectivity index (χ2v) is 5.93. The van der Waals surface area contributed by atoms with Gasteiger partial charge in [0.1, 0.15) is 12.4 Å². The summed E-state index contributed by atoms with van der Waals surface area (Å²) in [5.41, 5.74) is 0.851. The molecule has 0 saturated heterocycles. The quantitative estimate of drug-likeness (QED) is 0.475. The Balaban J connectivity index is 2.06. The van der Waals surface area contributed by atoms with Gasteiger partial charge >= 0.3 is 11.4 Å². The number of anilines is 2. The smallest absolute Gasteiger partial charge is 0.306 e. The highest BCUT2D eigenvalue weighted by atomic mass is 32.2. The van der Waals surface area contributed by atoms with Crippen LogP contribution in [0.2, 0.25) is 0 Å². The maximum atomic E-state index is 15.3. The molecule has 1 aromatic heterocycles. The summed E-state index contributed by atoms with van der Waals surface area (Å²) in [6.45, 7) is -1.15. The first kappa shape index (κ1) is 17.2. The van der Waals surface area contributed by atoms with E-state index in [-0.39, 0.29) is 5.69 Å². The van der Waals surface area contributed by atoms with Crippen molar-refractivity contribution in [2.75, 3.05) is 4.90 Å². The SMILES string of the molecule is O=S(F)n1cc(C(F)N(c2ccccc2)c2ccccc2)nc1CF. The molecule has 0 N–H and O–H groups in total. The fraction of sp³-hybridized carbons (Fsp3) is 0.118. The van der Waals surface area contributed by atoms with Crippen LogP contribution < -0.4 is 4.90 Å². The standard InChI is InChI=1S/C17H14F3N3OS/c18-11-16-21-15(12-22(16)25(20)24)17(19)23(13-7-3-1-4-8-13)14-9-5-2-6-10-14/h1-10,12,17H,11H2. The van der Waals surface area contributed by atoms with Crippen molar-refractivity contribution in [1.82, 2.24) is 8.96 Å². The normalized spacial score (nSPS) is 13.4. The lowest BCUT2D eigenvalue weighted by Gasteiger charge is -2.27. The average molecular weight is 365 g/mol. The van der Waals surface area contributed by atoms with Gasteiger partial charge in [0, 0.05) is 17.6 Å². The number of rotatable bonds is 6. The predicted molar refractivity (Wildman–Crippen MR) is 90.6 cm³/mol. The van der Waals surface area contributed by atoms with E-state index in [1.54, 1.807) is 60.7 Å². The topological polar surface area (TPSA) is 38.1 Å². The van der Waals surface area contributed by atoms with E-state index < -0.39 is 30.2 Å². The first-order valence-electron chi connectivity index (χ1n) is 7.38. The molecule has 0 bridgehead atoms. The molecular formula is C17H14F3N3OS. The van der Waals surface area contributed by atoms with Crippen molar-refractivity contribution in [3.63, 3.8) is 0 Å². The number of halogens is 3. The lowest BCUT2D eigenvalue weighted by Crippen LogP contribution is -2.20. The highest BCUT2D eigenvalue weighted by molar-refractivity contribution is 7.78. The zero-order valence-electron chi connectivity index (χ0n) is 12.9. The first-order chi connectivity index (χ1) is 12.1. The molecule has 0 fully saturated rings. The predicted octanol–water partition coefficient (Wildman–Crippen LogP) is 4.56. The van der Waals surface area contributed by atoms with E-state index in [0.717, 1.165) is 6.20 Å². The van der Waals surface area contributed by atoms with Crippen molar-refractivity contribution in [3.8, 4) is 0 Å². The Morgan fingerprint density at radius 2 is 1.56 bits per heavy atom. The molecule has 0 saturated carbocycles. The summed E-state index contributed by atoms with van der Waals surface area (Å²) in [5, 5.41) is 0. The monoisotopic (exact) mass is 365 g/mol. The Morgan fingerprint density at radius 1 is 1.04 bits per heavy atom. The summed E-state index contributed by atoms with van der Waals surface area (Å²) in [5.74, 6) is -0.431. The number of hydrogen-bond acceptors (Lipinski definition) is 3. The third-order valence-corrected chi connectivity index (χ3v) is 4.20. The van der Waals surface area contributed by atoms with Crippen LogP contribution in [0.3, 0.4) is 0 Å². The third kappa shape index (κ3) is 3.58. The Labute approximate surface area is 145 Å². The summed E-state index contributed by atoms with van der Waals surface area (Å²) in [6.07, 6.45) is -0.894. The molecular weight excluding hydrogens is 351 g/mol. The van der Waals surface area contributed by atoms with Gasteiger partial charge in [-0.25, -0.2) is 17.7 Å². The summed E-state index contributed by atoms with van der Waals surface area (Å²) < 4.78 is 52.8. The maximum absolute atomic E-state index is 15.3. The molecule has 130 valence electrons. The summed E-state index contributed by atoms with van der Waals surface area (Å²) >= 11 is -3.01. The van der Waals surface area contributed by atoms with Gasteiger partial charge in [0.15, 0.2) is 5.82 Å². The molecule has 0 amide bonds. The minimum Gasteiger partial charge on any atom is -0.306 e. The van der Waals surface area contributed by atoms with Crippen molar-refractivity contribution in [1.29, 1.82) is 0 Å². The molecule has 3 rings (SSSR count). The van der Waals surface area contributed by atoms with Crippen molar-refractivity contribution in [2.45, 2.75) is 13.0 Å². The van der Waals surface area contributed by atoms with Crippen molar-refractivity contribution in [3.05, 3.63) is 78.4 Å². The van der Waals surface area contributed by atoms with Crippen LogP contribution in [-0.2, 0) is 18.0 Å². The first-order valence-corrected chi connectivity index (χ1v) is 8.38. The number of aromatic nitrogens is 2. The van der Waals surface area contributed by atoms with Gasteiger partial charge in [0.25, 0.3) is 0 Å². The maximum Gasteiger partial charge on any atom is 0.309 e. The minimum absolute atomic E-state index is 0.230. The van der Waals surface area contributed by atoms with Crippen LogP contribution in [0.5, 0.6) is 0 Å². The molecule has 0 aliphatic heterocycles. The van der Waals surface area contributed by atoms with Crippen LogP contribution >= 0.6 is 0 Å². The lowest BCUT2D eigenvalue weighted by atomic mass is 10.2. The van der Waals surface area contributed by atoms with E-state index in [1.807, 2.05) is 0 Å². The van der Waals surface area contributed by atoms with Crippen LogP contribution in [0.1, 0.15) is 17.8 Å². The fourth-order valence-electron chi connectivity index (χ4n) is 2.47. The van der Waals surface area contributed by atoms with E-state index in [1.165, 1.54) is 4.90 Å². The lowest BCUT2D eigenvalue weighted by molar-refractivity contribution is 0.342. The van der Waals surface area contributed by atoms with Crippen LogP contribution in [0.15, 0.2) is 66.9 Å². The summed E-state index contributed by atoms with van der Waals surface area (Å²) in [7, 11) is 0. The van der Waals surface area contributed by atoms with E-state index in [2.05, 4.69) is 4.98 Å². The Morgan fingerprint density at radius 3 is 1.96 bits per heavy atom. The van der Waals surface area contributed by atoms with Crippen LogP contribution in [0.4, 0.5) is 24.0 Å². The Bertz CT molecular complexity index is 819. The zero-order chi connectivity index (χ0) is 17.8. The minimum atomic E-state index is -3.01. The van der Waals surface area contributed by atoms with Gasteiger partial charge < -0.3 is 4.90 Å². The molecule has 4 nitrogen and oxygen atoms in total. The van der Waals surface area contributed by atoms with Gasteiger partial charge in [-0.15, -0.1) is 3.89 Å². The van der Waals surface area contributed by atoms with Crippen molar-refractivity contribution in [2.24, 2.45) is 0 Å². The zero-order valence-corrected chi connectivity index (χ0v) is 13.7. The third-order valence-electron chi connectivity index (χ3n) is 3.58. The van der Waals surface area contributed by atoms with Crippen LogP contribution in [0.25, 0.3) is 0 Å². The van der Waals surface area contributed by atoms with Crippen LogP contribution in [0, 0.1) is 0 Å². The highest BCUT2D eigenvalue weighted by Crippen LogP contribution is 2.35. The van der Waals surface area contributed by atoms with E-state index in [4.69, 9.17) is 0 Å². The second kappa shape index (κ2) is 7.52. The number of alkyl halides is 2. The van der Waals surface area contributed by atoms with Gasteiger partial charge in [0.2, 0.25) is 6.30 Å². The van der Waals surface area contributed by atoms with Crippen molar-refractivity contribution < 1.29 is 16.9 Å². The molecule has 2 atom stereocenters. The Hall–Kier alpha value is -2.61. The van der Waals surface area contributed by atoms with E-state index >= 15 is 4.39 Å². The molecule has 0 radical (unpaired) electrons. The molecule has 2 aromatic carbocycles. The Kier molecular flexibility index (Phi) is 5.18. The van der Waals surface area contributed by atoms with E-state index in [9.17, 15) is 12.5 Å². The number of nitrogens with zero attached hydrogens (tertiary/aromatic N) is 3. The van der Waals surface area contributed by atoms with E-state index in [0.29, 0.717) is 15.3 Å². The fourth-order valence-corrected chi connectivity index (χ4v) is 2.92. The summed E-state index contributed by atoms with van der Waals surface area (Å²) in [6, 6.07) is 17.4. The van der Waals surface area contributed by atoms with Crippen LogP contribution in [-0.4, -0.2) is 13.2 Å². The number of para-hydroxylation sites is 2. The molecule has 25 heavy (non-hydrogen) atoms. The molecule has 0 spiro atoms. The summed E-state index contributed by atoms with van der Waals surface area (Å²) in [4.78, 5) is 5.10. The number of imidazole rings is 1. The van der Waals surface area contributed by atoms with Gasteiger partial charge in [-0.2, -0.15) is 4.21 Å². The largest absolute Gasteiger partial charge is 0.309 e. The molecule has 0 aliphatic rings. The number of hydrogen-bond donors (Lipinski definition) is 0. The number of benzene rings is 2. The second-order valence-electron chi connectivity index (χ2n) is 5.12. The van der Waals surface area contributed by atoms with Gasteiger partial charge in [-0.05, 0) is 24.3 Å². The molecule has 8 heteroatoms. The van der Waals surface area contributed by atoms with Gasteiger partial charge in [0.05, 0.1) is 0 Å². The molecule has 3 aromatic rings. The molecule has 1 heterocycles. The average Bonchev–Trinajstić information content (AvgIpc) is 3.08. The van der Waals surface area contributed by atoms with Crippen molar-refractivity contribution >= 4 is 22.7 Å². The van der Waals surface area contributed by atoms with Gasteiger partial charge in [-0.3, -0.25) is 0 Å². The molecule has 0 aliphatic carbocycles. The molecule has 2 unspecified atom stereocenters.